The SMILES string of the molecule is COc1ccc(Cl)cc1COC(=O)c1ccc(S(C)(=O)=O)cc1. The van der Waals surface area contributed by atoms with E-state index in [-0.39, 0.29) is 17.1 Å². The van der Waals surface area contributed by atoms with Crippen LogP contribution in [0.3, 0.4) is 0 Å². The molecule has 0 saturated heterocycles. The van der Waals surface area contributed by atoms with Gasteiger partial charge >= 0.3 is 5.97 Å². The molecule has 0 aliphatic heterocycles. The van der Waals surface area contributed by atoms with Gasteiger partial charge in [-0.3, -0.25) is 0 Å². The van der Waals surface area contributed by atoms with Gasteiger partial charge in [0.2, 0.25) is 0 Å². The van der Waals surface area contributed by atoms with Crippen LogP contribution < -0.4 is 4.74 Å². The number of benzene rings is 2. The van der Waals surface area contributed by atoms with Crippen molar-refractivity contribution in [2.45, 2.75) is 11.5 Å². The van der Waals surface area contributed by atoms with Crippen molar-refractivity contribution >= 4 is 27.4 Å². The van der Waals surface area contributed by atoms with E-state index in [0.29, 0.717) is 16.3 Å². The van der Waals surface area contributed by atoms with E-state index in [4.69, 9.17) is 21.1 Å². The van der Waals surface area contributed by atoms with E-state index in [1.807, 2.05) is 0 Å². The largest absolute Gasteiger partial charge is 0.496 e. The summed E-state index contributed by atoms with van der Waals surface area (Å²) < 4.78 is 33.2. The minimum absolute atomic E-state index is 0.00358. The lowest BCUT2D eigenvalue weighted by Gasteiger charge is -2.10. The van der Waals surface area contributed by atoms with Crippen LogP contribution in [-0.4, -0.2) is 27.8 Å². The van der Waals surface area contributed by atoms with Gasteiger partial charge < -0.3 is 9.47 Å². The third-order valence-electron chi connectivity index (χ3n) is 3.12. The van der Waals surface area contributed by atoms with Crippen LogP contribution >= 0.6 is 11.6 Å². The maximum absolute atomic E-state index is 12.0. The quantitative estimate of drug-likeness (QED) is 0.771. The summed E-state index contributed by atoms with van der Waals surface area (Å²) >= 11 is 5.91. The Morgan fingerprint density at radius 1 is 1.13 bits per heavy atom. The van der Waals surface area contributed by atoms with Gasteiger partial charge in [0.05, 0.1) is 17.6 Å². The van der Waals surface area contributed by atoms with Crippen LogP contribution in [0.1, 0.15) is 15.9 Å². The summed E-state index contributed by atoms with van der Waals surface area (Å²) in [5.41, 5.74) is 0.902. The van der Waals surface area contributed by atoms with Crippen LogP contribution in [0.5, 0.6) is 5.75 Å². The summed E-state index contributed by atoms with van der Waals surface area (Å²) in [6.45, 7) is -0.00358. The molecular weight excluding hydrogens is 340 g/mol. The first kappa shape index (κ1) is 17.3. The molecule has 0 aromatic heterocycles. The van der Waals surface area contributed by atoms with Crippen molar-refractivity contribution in [2.24, 2.45) is 0 Å². The maximum Gasteiger partial charge on any atom is 0.338 e. The fourth-order valence-electron chi connectivity index (χ4n) is 1.92. The molecule has 2 aromatic rings. The normalized spacial score (nSPS) is 11.1. The molecule has 0 fully saturated rings. The van der Waals surface area contributed by atoms with Crippen LogP contribution in [0, 0.1) is 0 Å². The second-order valence-corrected chi connectivity index (χ2v) is 7.28. The van der Waals surface area contributed by atoms with Crippen LogP contribution in [0.25, 0.3) is 0 Å². The minimum Gasteiger partial charge on any atom is -0.496 e. The zero-order valence-corrected chi connectivity index (χ0v) is 14.1. The molecular formula is C16H15ClO5S. The Morgan fingerprint density at radius 3 is 2.35 bits per heavy atom. The first-order chi connectivity index (χ1) is 10.8. The third-order valence-corrected chi connectivity index (χ3v) is 4.48. The number of ether oxygens (including phenoxy) is 2. The number of carbonyl (C=O) groups excluding carboxylic acids is 1. The highest BCUT2D eigenvalue weighted by Crippen LogP contribution is 2.23. The summed E-state index contributed by atoms with van der Waals surface area (Å²) in [7, 11) is -1.79. The molecule has 7 heteroatoms. The Kier molecular flexibility index (Phi) is 5.28. The molecule has 0 saturated carbocycles. The van der Waals surface area contributed by atoms with Crippen molar-refractivity contribution in [3.8, 4) is 5.75 Å². The van der Waals surface area contributed by atoms with E-state index in [0.717, 1.165) is 6.26 Å². The van der Waals surface area contributed by atoms with Gasteiger partial charge in [0.1, 0.15) is 12.4 Å². The van der Waals surface area contributed by atoms with E-state index < -0.39 is 15.8 Å². The lowest BCUT2D eigenvalue weighted by atomic mass is 10.2. The fourth-order valence-corrected chi connectivity index (χ4v) is 2.75. The zero-order chi connectivity index (χ0) is 17.0. The van der Waals surface area contributed by atoms with Gasteiger partial charge in [0.25, 0.3) is 0 Å². The van der Waals surface area contributed by atoms with Gasteiger partial charge in [-0.1, -0.05) is 11.6 Å². The number of methoxy groups -OCH3 is 1. The number of hydrogen-bond donors (Lipinski definition) is 0. The zero-order valence-electron chi connectivity index (χ0n) is 12.6. The highest BCUT2D eigenvalue weighted by Gasteiger charge is 2.12. The monoisotopic (exact) mass is 354 g/mol. The van der Waals surface area contributed by atoms with Gasteiger partial charge in [0, 0.05) is 16.8 Å². The Bertz CT molecular complexity index is 813. The highest BCUT2D eigenvalue weighted by atomic mass is 35.5. The third kappa shape index (κ3) is 4.46. The first-order valence-electron chi connectivity index (χ1n) is 6.61. The molecule has 0 bridgehead atoms. The Morgan fingerprint density at radius 2 is 1.78 bits per heavy atom. The predicted molar refractivity (Wildman–Crippen MR) is 86.7 cm³/mol. The van der Waals surface area contributed by atoms with Gasteiger partial charge in [0.15, 0.2) is 9.84 Å². The first-order valence-corrected chi connectivity index (χ1v) is 8.88. The summed E-state index contributed by atoms with van der Waals surface area (Å²) in [6, 6.07) is 10.6. The Balaban J connectivity index is 2.10. The molecule has 23 heavy (non-hydrogen) atoms. The second-order valence-electron chi connectivity index (χ2n) is 4.83. The lowest BCUT2D eigenvalue weighted by Crippen LogP contribution is -2.07. The molecule has 122 valence electrons. The molecule has 2 rings (SSSR count). The average Bonchev–Trinajstić information content (AvgIpc) is 2.52. The summed E-state index contributed by atoms with van der Waals surface area (Å²) in [5, 5.41) is 0.509. The molecule has 0 radical (unpaired) electrons. The summed E-state index contributed by atoms with van der Waals surface area (Å²) in [5.74, 6) is 0.00158. The Labute approximate surface area is 139 Å². The minimum atomic E-state index is -3.30. The molecule has 5 nitrogen and oxygen atoms in total. The Hall–Kier alpha value is -2.05. The van der Waals surface area contributed by atoms with Crippen molar-refractivity contribution in [3.05, 3.63) is 58.6 Å². The molecule has 0 aliphatic carbocycles. The number of halogens is 1. The molecule has 0 unspecified atom stereocenters. The van der Waals surface area contributed by atoms with Crippen molar-refractivity contribution in [1.29, 1.82) is 0 Å². The number of hydrogen-bond acceptors (Lipinski definition) is 5. The van der Waals surface area contributed by atoms with Gasteiger partial charge in [-0.15, -0.1) is 0 Å². The van der Waals surface area contributed by atoms with E-state index in [2.05, 4.69) is 0 Å². The van der Waals surface area contributed by atoms with Crippen molar-refractivity contribution < 1.29 is 22.7 Å². The number of sulfone groups is 1. The molecule has 0 aliphatic rings. The second kappa shape index (κ2) is 7.02. The maximum atomic E-state index is 12.0. The van der Waals surface area contributed by atoms with Crippen molar-refractivity contribution in [1.82, 2.24) is 0 Å². The summed E-state index contributed by atoms with van der Waals surface area (Å²) in [6.07, 6.45) is 1.10. The number of carbonyl (C=O) groups is 1. The van der Waals surface area contributed by atoms with Gasteiger partial charge in [-0.25, -0.2) is 13.2 Å². The molecule has 0 spiro atoms. The standard InChI is InChI=1S/C16H15ClO5S/c1-21-15-8-5-13(17)9-12(15)10-22-16(18)11-3-6-14(7-4-11)23(2,19)20/h3-9H,10H2,1-2H3. The van der Waals surface area contributed by atoms with Gasteiger partial charge in [-0.2, -0.15) is 0 Å². The van der Waals surface area contributed by atoms with Crippen LogP contribution in [0.2, 0.25) is 5.02 Å². The van der Waals surface area contributed by atoms with Crippen LogP contribution in [0.4, 0.5) is 0 Å². The fraction of sp³-hybridized carbons (Fsp3) is 0.188. The number of rotatable bonds is 5. The molecule has 0 heterocycles. The van der Waals surface area contributed by atoms with Crippen molar-refractivity contribution in [3.63, 3.8) is 0 Å². The van der Waals surface area contributed by atoms with Crippen LogP contribution in [0.15, 0.2) is 47.4 Å². The van der Waals surface area contributed by atoms with Gasteiger partial charge in [-0.05, 0) is 42.5 Å². The highest BCUT2D eigenvalue weighted by molar-refractivity contribution is 7.90. The summed E-state index contributed by atoms with van der Waals surface area (Å²) in [4.78, 5) is 12.2. The van der Waals surface area contributed by atoms with E-state index in [9.17, 15) is 13.2 Å². The van der Waals surface area contributed by atoms with E-state index in [1.165, 1.54) is 31.4 Å². The van der Waals surface area contributed by atoms with E-state index >= 15 is 0 Å². The smallest absolute Gasteiger partial charge is 0.338 e. The predicted octanol–water partition coefficient (Wildman–Crippen LogP) is 3.11. The lowest BCUT2D eigenvalue weighted by molar-refractivity contribution is 0.0470. The molecule has 0 amide bonds. The van der Waals surface area contributed by atoms with Crippen molar-refractivity contribution in [2.75, 3.05) is 13.4 Å². The number of esters is 1. The van der Waals surface area contributed by atoms with Crippen LogP contribution in [-0.2, 0) is 21.2 Å². The molecule has 0 atom stereocenters. The van der Waals surface area contributed by atoms with E-state index in [1.54, 1.807) is 18.2 Å². The molecule has 2 aromatic carbocycles. The molecule has 0 N–H and O–H groups in total. The average molecular weight is 355 g/mol. The topological polar surface area (TPSA) is 69.7 Å².